The summed E-state index contributed by atoms with van der Waals surface area (Å²) in [5.74, 6) is -0.138. The summed E-state index contributed by atoms with van der Waals surface area (Å²) in [4.78, 5) is 0. The summed E-state index contributed by atoms with van der Waals surface area (Å²) in [7, 11) is 0. The average molecular weight is 255 g/mol. The van der Waals surface area contributed by atoms with Gasteiger partial charge in [-0.3, -0.25) is 0 Å². The van der Waals surface area contributed by atoms with Crippen molar-refractivity contribution in [2.45, 2.75) is 32.7 Å². The molecule has 3 rings (SSSR count). The number of nitrogens with one attached hydrogen (secondary N) is 1. The molecule has 1 N–H and O–H groups in total. The number of fused-ring (bicyclic) bond motifs is 1. The van der Waals surface area contributed by atoms with Crippen LogP contribution in [0, 0.1) is 12.7 Å². The zero-order chi connectivity index (χ0) is 13.2. The van der Waals surface area contributed by atoms with Crippen LogP contribution in [0.5, 0.6) is 0 Å². The highest BCUT2D eigenvalue weighted by Crippen LogP contribution is 2.25. The average Bonchev–Trinajstić information content (AvgIpc) is 2.87. The van der Waals surface area contributed by atoms with Gasteiger partial charge in [-0.15, -0.1) is 0 Å². The molecule has 0 fully saturated rings. The molecular formula is C17H18FN. The number of rotatable bonds is 3. The Morgan fingerprint density at radius 1 is 1.05 bits per heavy atom. The molecule has 0 aromatic heterocycles. The first kappa shape index (κ1) is 12.2. The van der Waals surface area contributed by atoms with Crippen molar-refractivity contribution in [3.63, 3.8) is 0 Å². The van der Waals surface area contributed by atoms with Crippen molar-refractivity contribution in [3.05, 3.63) is 64.5 Å². The van der Waals surface area contributed by atoms with E-state index in [9.17, 15) is 4.39 Å². The molecule has 0 radical (unpaired) electrons. The number of benzene rings is 2. The van der Waals surface area contributed by atoms with Crippen LogP contribution < -0.4 is 5.32 Å². The molecule has 0 atom stereocenters. The van der Waals surface area contributed by atoms with Gasteiger partial charge in [0.15, 0.2) is 0 Å². The Kier molecular flexibility index (Phi) is 3.24. The number of aryl methyl sites for hydroxylation is 3. The molecule has 0 bridgehead atoms. The van der Waals surface area contributed by atoms with Crippen LogP contribution in [0.4, 0.5) is 10.1 Å². The summed E-state index contributed by atoms with van der Waals surface area (Å²) >= 11 is 0. The van der Waals surface area contributed by atoms with Gasteiger partial charge in [-0.1, -0.05) is 18.2 Å². The summed E-state index contributed by atoms with van der Waals surface area (Å²) in [6.45, 7) is 2.54. The normalized spacial score (nSPS) is 13.4. The van der Waals surface area contributed by atoms with E-state index in [1.54, 1.807) is 6.92 Å². The quantitative estimate of drug-likeness (QED) is 0.865. The third kappa shape index (κ3) is 2.62. The predicted molar refractivity (Wildman–Crippen MR) is 76.9 cm³/mol. The van der Waals surface area contributed by atoms with E-state index in [1.165, 1.54) is 36.5 Å². The van der Waals surface area contributed by atoms with Gasteiger partial charge in [-0.25, -0.2) is 4.39 Å². The third-order valence-electron chi connectivity index (χ3n) is 3.82. The van der Waals surface area contributed by atoms with Gasteiger partial charge in [0.2, 0.25) is 0 Å². The Bertz CT molecular complexity index is 604. The molecule has 1 aliphatic rings. The minimum absolute atomic E-state index is 0.138. The Morgan fingerprint density at radius 3 is 2.74 bits per heavy atom. The molecule has 0 aliphatic heterocycles. The van der Waals surface area contributed by atoms with Crippen molar-refractivity contribution >= 4 is 5.69 Å². The molecule has 0 saturated heterocycles. The van der Waals surface area contributed by atoms with Gasteiger partial charge >= 0.3 is 0 Å². The van der Waals surface area contributed by atoms with Gasteiger partial charge in [0.25, 0.3) is 0 Å². The lowest BCUT2D eigenvalue weighted by Crippen LogP contribution is -2.01. The van der Waals surface area contributed by atoms with Gasteiger partial charge in [-0.2, -0.15) is 0 Å². The fourth-order valence-corrected chi connectivity index (χ4v) is 2.70. The molecule has 0 spiro atoms. The highest BCUT2D eigenvalue weighted by Gasteiger charge is 2.10. The Balaban J connectivity index is 1.70. The monoisotopic (exact) mass is 255 g/mol. The summed E-state index contributed by atoms with van der Waals surface area (Å²) in [5.41, 5.74) is 5.93. The van der Waals surface area contributed by atoms with Crippen LogP contribution in [0.1, 0.15) is 28.7 Å². The van der Waals surface area contributed by atoms with Crippen LogP contribution in [0.2, 0.25) is 0 Å². The van der Waals surface area contributed by atoms with Gasteiger partial charge in [0.05, 0.1) is 0 Å². The van der Waals surface area contributed by atoms with Crippen molar-refractivity contribution in [1.82, 2.24) is 0 Å². The molecule has 0 saturated carbocycles. The summed E-state index contributed by atoms with van der Waals surface area (Å²) in [6.07, 6.45) is 3.68. The van der Waals surface area contributed by atoms with Crippen LogP contribution in [-0.4, -0.2) is 0 Å². The molecule has 2 aromatic carbocycles. The molecule has 0 heterocycles. The van der Waals surface area contributed by atoms with Crippen molar-refractivity contribution < 1.29 is 4.39 Å². The van der Waals surface area contributed by atoms with Gasteiger partial charge < -0.3 is 5.32 Å². The largest absolute Gasteiger partial charge is 0.381 e. The summed E-state index contributed by atoms with van der Waals surface area (Å²) in [6, 6.07) is 11.9. The van der Waals surface area contributed by atoms with E-state index >= 15 is 0 Å². The zero-order valence-electron chi connectivity index (χ0n) is 11.2. The maximum absolute atomic E-state index is 13.2. The maximum atomic E-state index is 13.2. The number of hydrogen-bond acceptors (Lipinski definition) is 1. The van der Waals surface area contributed by atoms with E-state index < -0.39 is 0 Å². The highest BCUT2D eigenvalue weighted by molar-refractivity contribution is 5.50. The van der Waals surface area contributed by atoms with Crippen molar-refractivity contribution in [1.29, 1.82) is 0 Å². The minimum Gasteiger partial charge on any atom is -0.381 e. The number of halogens is 1. The topological polar surface area (TPSA) is 12.0 Å². The van der Waals surface area contributed by atoms with Crippen molar-refractivity contribution in [2.24, 2.45) is 0 Å². The predicted octanol–water partition coefficient (Wildman–Crippen LogP) is 4.23. The number of hydrogen-bond donors (Lipinski definition) is 1. The minimum atomic E-state index is -0.138. The first-order chi connectivity index (χ1) is 9.22. The van der Waals surface area contributed by atoms with Crippen molar-refractivity contribution in [3.8, 4) is 0 Å². The van der Waals surface area contributed by atoms with Crippen LogP contribution in [-0.2, 0) is 19.4 Å². The third-order valence-corrected chi connectivity index (χ3v) is 3.82. The lowest BCUT2D eigenvalue weighted by molar-refractivity contribution is 0.617. The molecule has 19 heavy (non-hydrogen) atoms. The SMILES string of the molecule is Cc1cc(CNc2ccc3c(c2)CCC3)ccc1F. The maximum Gasteiger partial charge on any atom is 0.126 e. The second-order valence-corrected chi connectivity index (χ2v) is 5.27. The van der Waals surface area contributed by atoms with Gasteiger partial charge in [0, 0.05) is 12.2 Å². The zero-order valence-corrected chi connectivity index (χ0v) is 11.2. The van der Waals surface area contributed by atoms with E-state index in [2.05, 4.69) is 23.5 Å². The van der Waals surface area contributed by atoms with Gasteiger partial charge in [0.1, 0.15) is 5.82 Å². The molecule has 1 aliphatic carbocycles. The fourth-order valence-electron chi connectivity index (χ4n) is 2.70. The van der Waals surface area contributed by atoms with Crippen molar-refractivity contribution in [2.75, 3.05) is 5.32 Å². The van der Waals surface area contributed by atoms with Crippen LogP contribution >= 0.6 is 0 Å². The first-order valence-corrected chi connectivity index (χ1v) is 6.83. The first-order valence-electron chi connectivity index (χ1n) is 6.83. The molecule has 0 unspecified atom stereocenters. The molecule has 98 valence electrons. The Labute approximate surface area is 113 Å². The standard InChI is InChI=1S/C17H18FN/c1-12-9-13(5-8-17(12)18)11-19-16-7-6-14-3-2-4-15(14)10-16/h5-10,19H,2-4,11H2,1H3. The molecule has 0 amide bonds. The second-order valence-electron chi connectivity index (χ2n) is 5.27. The summed E-state index contributed by atoms with van der Waals surface area (Å²) < 4.78 is 13.2. The van der Waals surface area contributed by atoms with E-state index in [1.807, 2.05) is 12.1 Å². The summed E-state index contributed by atoms with van der Waals surface area (Å²) in [5, 5.41) is 3.41. The lowest BCUT2D eigenvalue weighted by Gasteiger charge is -2.09. The smallest absolute Gasteiger partial charge is 0.126 e. The Morgan fingerprint density at radius 2 is 1.89 bits per heavy atom. The van der Waals surface area contributed by atoms with Gasteiger partial charge in [-0.05, 0) is 66.6 Å². The van der Waals surface area contributed by atoms with E-state index in [0.29, 0.717) is 5.56 Å². The molecule has 2 aromatic rings. The van der Waals surface area contributed by atoms with Crippen LogP contribution in [0.15, 0.2) is 36.4 Å². The van der Waals surface area contributed by atoms with Crippen LogP contribution in [0.3, 0.4) is 0 Å². The van der Waals surface area contributed by atoms with E-state index in [-0.39, 0.29) is 5.82 Å². The van der Waals surface area contributed by atoms with E-state index in [4.69, 9.17) is 0 Å². The molecule has 2 heteroatoms. The lowest BCUT2D eigenvalue weighted by atomic mass is 10.1. The fraction of sp³-hybridized carbons (Fsp3) is 0.294. The Hall–Kier alpha value is -1.83. The van der Waals surface area contributed by atoms with Crippen LogP contribution in [0.25, 0.3) is 0 Å². The van der Waals surface area contributed by atoms with E-state index in [0.717, 1.165) is 17.8 Å². The molecular weight excluding hydrogens is 237 g/mol. The number of anilines is 1. The molecule has 1 nitrogen and oxygen atoms in total. The highest BCUT2D eigenvalue weighted by atomic mass is 19.1. The second kappa shape index (κ2) is 5.04.